The first-order valence-electron chi connectivity index (χ1n) is 9.65. The monoisotopic (exact) mass is 399 g/mol. The van der Waals surface area contributed by atoms with E-state index >= 15 is 0 Å². The highest BCUT2D eigenvalue weighted by atomic mass is 35.5. The predicted octanol–water partition coefficient (Wildman–Crippen LogP) is 3.83. The second kappa shape index (κ2) is 9.71. The van der Waals surface area contributed by atoms with Crippen molar-refractivity contribution in [1.82, 2.24) is 10.2 Å². The van der Waals surface area contributed by atoms with Gasteiger partial charge in [0, 0.05) is 30.3 Å². The lowest BCUT2D eigenvalue weighted by Crippen LogP contribution is -2.36. The molecule has 3 rings (SSSR count). The molecule has 2 aromatic carbocycles. The SMILES string of the molecule is CC1CCCN(Cc2ccccc2CNC(=O)C(=O)Nc2ccc(Cl)cc2)C1. The van der Waals surface area contributed by atoms with Crippen LogP contribution in [-0.4, -0.2) is 29.8 Å². The fourth-order valence-electron chi connectivity index (χ4n) is 3.53. The van der Waals surface area contributed by atoms with Crippen LogP contribution in [0.1, 0.15) is 30.9 Å². The van der Waals surface area contributed by atoms with Crippen molar-refractivity contribution in [1.29, 1.82) is 0 Å². The summed E-state index contributed by atoms with van der Waals surface area (Å²) in [7, 11) is 0. The molecule has 1 atom stereocenters. The van der Waals surface area contributed by atoms with E-state index in [1.165, 1.54) is 18.4 Å². The highest BCUT2D eigenvalue weighted by molar-refractivity contribution is 6.39. The van der Waals surface area contributed by atoms with E-state index in [1.807, 2.05) is 18.2 Å². The van der Waals surface area contributed by atoms with Crippen molar-refractivity contribution in [3.63, 3.8) is 0 Å². The third-order valence-electron chi connectivity index (χ3n) is 5.00. The van der Waals surface area contributed by atoms with Gasteiger partial charge in [-0.05, 0) is 60.7 Å². The van der Waals surface area contributed by atoms with Gasteiger partial charge >= 0.3 is 11.8 Å². The van der Waals surface area contributed by atoms with Gasteiger partial charge in [0.05, 0.1) is 0 Å². The molecule has 28 heavy (non-hydrogen) atoms. The number of piperidine rings is 1. The second-order valence-electron chi connectivity index (χ2n) is 7.39. The fourth-order valence-corrected chi connectivity index (χ4v) is 3.66. The Morgan fingerprint density at radius 2 is 1.79 bits per heavy atom. The van der Waals surface area contributed by atoms with Crippen LogP contribution < -0.4 is 10.6 Å². The van der Waals surface area contributed by atoms with Crippen LogP contribution in [0.4, 0.5) is 5.69 Å². The van der Waals surface area contributed by atoms with Gasteiger partial charge in [0.15, 0.2) is 0 Å². The number of nitrogens with zero attached hydrogens (tertiary/aromatic N) is 1. The summed E-state index contributed by atoms with van der Waals surface area (Å²) in [5.41, 5.74) is 2.76. The molecule has 2 N–H and O–H groups in total. The molecule has 1 aliphatic rings. The Hall–Kier alpha value is -2.37. The van der Waals surface area contributed by atoms with Crippen LogP contribution in [0.2, 0.25) is 5.02 Å². The van der Waals surface area contributed by atoms with E-state index < -0.39 is 11.8 Å². The first-order chi connectivity index (χ1) is 13.5. The first-order valence-corrected chi connectivity index (χ1v) is 10.0. The summed E-state index contributed by atoms with van der Waals surface area (Å²) >= 11 is 5.83. The summed E-state index contributed by atoms with van der Waals surface area (Å²) in [5.74, 6) is -0.627. The van der Waals surface area contributed by atoms with Gasteiger partial charge in [-0.25, -0.2) is 0 Å². The maximum atomic E-state index is 12.2. The highest BCUT2D eigenvalue weighted by Gasteiger charge is 2.18. The number of carbonyl (C=O) groups is 2. The summed E-state index contributed by atoms with van der Waals surface area (Å²) in [5, 5.41) is 5.87. The Morgan fingerprint density at radius 1 is 1.07 bits per heavy atom. The molecule has 0 aliphatic carbocycles. The van der Waals surface area contributed by atoms with Crippen molar-refractivity contribution in [2.24, 2.45) is 5.92 Å². The minimum atomic E-state index is -0.690. The average molecular weight is 400 g/mol. The molecule has 6 heteroatoms. The lowest BCUT2D eigenvalue weighted by atomic mass is 9.99. The zero-order chi connectivity index (χ0) is 19.9. The Morgan fingerprint density at radius 3 is 2.50 bits per heavy atom. The van der Waals surface area contributed by atoms with Gasteiger partial charge in [-0.15, -0.1) is 0 Å². The molecule has 2 amide bonds. The number of nitrogens with one attached hydrogen (secondary N) is 2. The van der Waals surface area contributed by atoms with Crippen LogP contribution in [-0.2, 0) is 22.7 Å². The molecule has 1 aliphatic heterocycles. The molecule has 2 aromatic rings. The molecule has 1 unspecified atom stereocenters. The highest BCUT2D eigenvalue weighted by Crippen LogP contribution is 2.19. The van der Waals surface area contributed by atoms with Crippen LogP contribution in [0.25, 0.3) is 0 Å². The zero-order valence-corrected chi connectivity index (χ0v) is 16.8. The van der Waals surface area contributed by atoms with Gasteiger partial charge < -0.3 is 10.6 Å². The number of carbonyl (C=O) groups excluding carboxylic acids is 2. The van der Waals surface area contributed by atoms with E-state index in [4.69, 9.17) is 11.6 Å². The molecule has 148 valence electrons. The summed E-state index contributed by atoms with van der Waals surface area (Å²) in [6.45, 7) is 5.69. The van der Waals surface area contributed by atoms with Crippen LogP contribution in [0, 0.1) is 5.92 Å². The van der Waals surface area contributed by atoms with Crippen molar-refractivity contribution >= 4 is 29.1 Å². The number of amides is 2. The molecule has 0 radical (unpaired) electrons. The zero-order valence-electron chi connectivity index (χ0n) is 16.1. The minimum Gasteiger partial charge on any atom is -0.344 e. The number of rotatable bonds is 5. The van der Waals surface area contributed by atoms with Gasteiger partial charge in [0.2, 0.25) is 0 Å². The summed E-state index contributed by atoms with van der Waals surface area (Å²) in [6, 6.07) is 14.7. The Labute approximate surface area is 171 Å². The third kappa shape index (κ3) is 5.81. The average Bonchev–Trinajstić information content (AvgIpc) is 2.69. The van der Waals surface area contributed by atoms with Gasteiger partial charge in [-0.1, -0.05) is 42.8 Å². The van der Waals surface area contributed by atoms with E-state index in [1.54, 1.807) is 24.3 Å². The normalized spacial score (nSPS) is 17.1. The first kappa shape index (κ1) is 20.4. The lowest BCUT2D eigenvalue weighted by molar-refractivity contribution is -0.136. The molecule has 1 fully saturated rings. The second-order valence-corrected chi connectivity index (χ2v) is 7.83. The molecule has 0 aromatic heterocycles. The predicted molar refractivity (Wildman–Crippen MR) is 112 cm³/mol. The van der Waals surface area contributed by atoms with Crippen molar-refractivity contribution in [2.75, 3.05) is 18.4 Å². The third-order valence-corrected chi connectivity index (χ3v) is 5.25. The number of anilines is 1. The maximum absolute atomic E-state index is 12.2. The Bertz CT molecular complexity index is 823. The molecule has 0 spiro atoms. The molecular weight excluding hydrogens is 374 g/mol. The van der Waals surface area contributed by atoms with Crippen molar-refractivity contribution in [3.05, 3.63) is 64.7 Å². The van der Waals surface area contributed by atoms with Crippen LogP contribution in [0.5, 0.6) is 0 Å². The smallest absolute Gasteiger partial charge is 0.313 e. The maximum Gasteiger partial charge on any atom is 0.313 e. The summed E-state index contributed by atoms with van der Waals surface area (Å²) in [6.07, 6.45) is 2.52. The van der Waals surface area contributed by atoms with Crippen LogP contribution in [0.3, 0.4) is 0 Å². The summed E-state index contributed by atoms with van der Waals surface area (Å²) in [4.78, 5) is 26.7. The van der Waals surface area contributed by atoms with Crippen molar-refractivity contribution < 1.29 is 9.59 Å². The summed E-state index contributed by atoms with van der Waals surface area (Å²) < 4.78 is 0. The van der Waals surface area contributed by atoms with Crippen molar-refractivity contribution in [3.8, 4) is 0 Å². The quantitative estimate of drug-likeness (QED) is 0.751. The van der Waals surface area contributed by atoms with Gasteiger partial charge in [-0.3, -0.25) is 14.5 Å². The minimum absolute atomic E-state index is 0.326. The van der Waals surface area contributed by atoms with E-state index in [9.17, 15) is 9.59 Å². The van der Waals surface area contributed by atoms with Gasteiger partial charge in [0.1, 0.15) is 0 Å². The van der Waals surface area contributed by atoms with Crippen LogP contribution in [0.15, 0.2) is 48.5 Å². The van der Waals surface area contributed by atoms with E-state index in [0.717, 1.165) is 31.1 Å². The standard InChI is InChI=1S/C22H26ClN3O2/c1-16-5-4-12-26(14-16)15-18-7-3-2-6-17(18)13-24-21(27)22(28)25-20-10-8-19(23)9-11-20/h2-3,6-11,16H,4-5,12-15H2,1H3,(H,24,27)(H,25,28). The fraction of sp³-hybridized carbons (Fsp3) is 0.364. The number of hydrogen-bond acceptors (Lipinski definition) is 3. The van der Waals surface area contributed by atoms with E-state index in [0.29, 0.717) is 17.3 Å². The molecular formula is C22H26ClN3O2. The Balaban J connectivity index is 1.55. The van der Waals surface area contributed by atoms with E-state index in [2.05, 4.69) is 28.5 Å². The topological polar surface area (TPSA) is 61.4 Å². The van der Waals surface area contributed by atoms with Crippen LogP contribution >= 0.6 is 11.6 Å². The molecule has 5 nitrogen and oxygen atoms in total. The lowest BCUT2D eigenvalue weighted by Gasteiger charge is -2.31. The molecule has 0 bridgehead atoms. The van der Waals surface area contributed by atoms with E-state index in [-0.39, 0.29) is 0 Å². The number of hydrogen-bond donors (Lipinski definition) is 2. The Kier molecular flexibility index (Phi) is 7.06. The molecule has 1 saturated heterocycles. The largest absolute Gasteiger partial charge is 0.344 e. The number of likely N-dealkylation sites (tertiary alicyclic amines) is 1. The van der Waals surface area contributed by atoms with Crippen molar-refractivity contribution in [2.45, 2.75) is 32.9 Å². The molecule has 0 saturated carbocycles. The number of halogens is 1. The van der Waals surface area contributed by atoms with Gasteiger partial charge in [0.25, 0.3) is 0 Å². The number of benzene rings is 2. The van der Waals surface area contributed by atoms with Gasteiger partial charge in [-0.2, -0.15) is 0 Å². The molecule has 1 heterocycles.